The zero-order valence-electron chi connectivity index (χ0n) is 20.9. The van der Waals surface area contributed by atoms with E-state index in [4.69, 9.17) is 0 Å². The van der Waals surface area contributed by atoms with Gasteiger partial charge in [-0.3, -0.25) is 0 Å². The van der Waals surface area contributed by atoms with Gasteiger partial charge in [-0.05, 0) is 160 Å². The molecular formula is C27H51N3. The van der Waals surface area contributed by atoms with Crippen molar-refractivity contribution in [3.8, 4) is 0 Å². The summed E-state index contributed by atoms with van der Waals surface area (Å²) in [6.07, 6.45) is 15.0. The molecule has 30 heavy (non-hydrogen) atoms. The van der Waals surface area contributed by atoms with Crippen molar-refractivity contribution in [2.24, 2.45) is 47.3 Å². The van der Waals surface area contributed by atoms with Crippen molar-refractivity contribution in [3.05, 3.63) is 0 Å². The molecule has 8 atom stereocenters. The summed E-state index contributed by atoms with van der Waals surface area (Å²) in [5.41, 5.74) is 0. The van der Waals surface area contributed by atoms with Crippen LogP contribution in [0, 0.1) is 47.3 Å². The SMILES string of the molecule is CN(C)CC1C2CCC(C2)C1CCCN(C)CCCC1C2CCC(C2)C1CN(C)C. The molecule has 0 aromatic heterocycles. The quantitative estimate of drug-likeness (QED) is 0.446. The van der Waals surface area contributed by atoms with Gasteiger partial charge in [0.15, 0.2) is 0 Å². The molecule has 0 amide bonds. The summed E-state index contributed by atoms with van der Waals surface area (Å²) in [6, 6.07) is 0. The van der Waals surface area contributed by atoms with Crippen molar-refractivity contribution >= 4 is 0 Å². The van der Waals surface area contributed by atoms with Gasteiger partial charge in [-0.1, -0.05) is 0 Å². The maximum absolute atomic E-state index is 2.66. The maximum atomic E-state index is 2.66. The van der Waals surface area contributed by atoms with Crippen LogP contribution in [0.5, 0.6) is 0 Å². The third-order valence-corrected chi connectivity index (χ3v) is 9.86. The molecule has 0 heterocycles. The maximum Gasteiger partial charge on any atom is 0.000896 e. The fraction of sp³-hybridized carbons (Fsp3) is 1.00. The fourth-order valence-electron chi connectivity index (χ4n) is 8.68. The monoisotopic (exact) mass is 417 g/mol. The predicted molar refractivity (Wildman–Crippen MR) is 129 cm³/mol. The van der Waals surface area contributed by atoms with E-state index in [-0.39, 0.29) is 0 Å². The molecule has 4 aliphatic rings. The summed E-state index contributed by atoms with van der Waals surface area (Å²) in [7, 11) is 11.5. The average Bonchev–Trinajstić information content (AvgIpc) is 3.44. The molecule has 174 valence electrons. The van der Waals surface area contributed by atoms with Gasteiger partial charge in [-0.15, -0.1) is 0 Å². The van der Waals surface area contributed by atoms with Crippen LogP contribution in [0.2, 0.25) is 0 Å². The van der Waals surface area contributed by atoms with Crippen LogP contribution in [-0.4, -0.2) is 76.1 Å². The molecule has 0 aromatic rings. The number of hydrogen-bond acceptors (Lipinski definition) is 3. The molecule has 8 unspecified atom stereocenters. The molecular weight excluding hydrogens is 366 g/mol. The largest absolute Gasteiger partial charge is 0.309 e. The lowest BCUT2D eigenvalue weighted by Crippen LogP contribution is -2.33. The van der Waals surface area contributed by atoms with Gasteiger partial charge in [0, 0.05) is 13.1 Å². The van der Waals surface area contributed by atoms with Crippen LogP contribution in [0.15, 0.2) is 0 Å². The average molecular weight is 418 g/mol. The molecule has 4 aliphatic carbocycles. The minimum Gasteiger partial charge on any atom is -0.309 e. The molecule has 4 rings (SSSR count). The van der Waals surface area contributed by atoms with Crippen LogP contribution in [0.3, 0.4) is 0 Å². The number of nitrogens with zero attached hydrogens (tertiary/aromatic N) is 3. The van der Waals surface area contributed by atoms with E-state index in [1.165, 1.54) is 77.5 Å². The van der Waals surface area contributed by atoms with Crippen molar-refractivity contribution in [1.82, 2.24) is 14.7 Å². The van der Waals surface area contributed by atoms with E-state index in [0.29, 0.717) is 0 Å². The summed E-state index contributed by atoms with van der Waals surface area (Å²) in [5, 5.41) is 0. The molecule has 0 aromatic carbocycles. The van der Waals surface area contributed by atoms with Crippen LogP contribution < -0.4 is 0 Å². The highest BCUT2D eigenvalue weighted by Crippen LogP contribution is 2.55. The molecule has 4 saturated carbocycles. The summed E-state index contributed by atoms with van der Waals surface area (Å²) < 4.78 is 0. The summed E-state index contributed by atoms with van der Waals surface area (Å²) in [4.78, 5) is 7.55. The molecule has 0 N–H and O–H groups in total. The highest BCUT2D eigenvalue weighted by Gasteiger charge is 2.47. The normalized spacial score (nSPS) is 40.0. The van der Waals surface area contributed by atoms with Gasteiger partial charge < -0.3 is 14.7 Å². The van der Waals surface area contributed by atoms with E-state index in [0.717, 1.165) is 47.3 Å². The smallest absolute Gasteiger partial charge is 0.000896 e. The number of rotatable bonds is 12. The zero-order valence-corrected chi connectivity index (χ0v) is 20.9. The van der Waals surface area contributed by atoms with E-state index in [1.807, 2.05) is 0 Å². The first-order chi connectivity index (χ1) is 14.4. The third kappa shape index (κ3) is 5.26. The Balaban J connectivity index is 1.15. The third-order valence-electron chi connectivity index (χ3n) is 9.86. The highest BCUT2D eigenvalue weighted by molar-refractivity contribution is 4.98. The van der Waals surface area contributed by atoms with Crippen LogP contribution in [0.4, 0.5) is 0 Å². The Morgan fingerprint density at radius 2 is 0.900 bits per heavy atom. The molecule has 4 fully saturated rings. The van der Waals surface area contributed by atoms with Gasteiger partial charge in [0.1, 0.15) is 0 Å². The lowest BCUT2D eigenvalue weighted by molar-refractivity contribution is 0.152. The van der Waals surface area contributed by atoms with Crippen LogP contribution in [-0.2, 0) is 0 Å². The lowest BCUT2D eigenvalue weighted by atomic mass is 9.76. The van der Waals surface area contributed by atoms with Gasteiger partial charge in [0.25, 0.3) is 0 Å². The Labute approximate surface area is 187 Å². The van der Waals surface area contributed by atoms with Gasteiger partial charge in [-0.25, -0.2) is 0 Å². The van der Waals surface area contributed by atoms with Gasteiger partial charge in [0.2, 0.25) is 0 Å². The molecule has 3 nitrogen and oxygen atoms in total. The molecule has 3 heteroatoms. The first-order valence-electron chi connectivity index (χ1n) is 13.4. The van der Waals surface area contributed by atoms with Crippen molar-refractivity contribution < 1.29 is 0 Å². The molecule has 0 aliphatic heterocycles. The van der Waals surface area contributed by atoms with E-state index in [9.17, 15) is 0 Å². The van der Waals surface area contributed by atoms with Crippen molar-refractivity contribution in [2.45, 2.75) is 64.2 Å². The Morgan fingerprint density at radius 3 is 1.27 bits per heavy atom. The zero-order chi connectivity index (χ0) is 21.3. The standard InChI is InChI=1S/C27H51N3/c1-28(2)18-26-22-12-10-20(16-22)24(26)8-6-14-30(5)15-7-9-25-21-11-13-23(17-21)27(25)19-29(3)4/h20-27H,6-19H2,1-5H3. The lowest BCUT2D eigenvalue weighted by Gasteiger charge is -2.34. The molecule has 0 saturated heterocycles. The van der Waals surface area contributed by atoms with Crippen molar-refractivity contribution in [2.75, 3.05) is 61.4 Å². The second-order valence-corrected chi connectivity index (χ2v) is 12.4. The second-order valence-electron chi connectivity index (χ2n) is 12.4. The Kier molecular flexibility index (Phi) is 7.85. The topological polar surface area (TPSA) is 9.72 Å². The summed E-state index contributed by atoms with van der Waals surface area (Å²) in [6.45, 7) is 5.31. The summed E-state index contributed by atoms with van der Waals surface area (Å²) >= 11 is 0. The van der Waals surface area contributed by atoms with Crippen LogP contribution in [0.1, 0.15) is 64.2 Å². The minimum absolute atomic E-state index is 0.996. The number of hydrogen-bond donors (Lipinski definition) is 0. The van der Waals surface area contributed by atoms with Crippen LogP contribution in [0.25, 0.3) is 0 Å². The number of fused-ring (bicyclic) bond motifs is 4. The fourth-order valence-corrected chi connectivity index (χ4v) is 8.68. The van der Waals surface area contributed by atoms with E-state index in [2.05, 4.69) is 49.9 Å². The second kappa shape index (κ2) is 10.2. The van der Waals surface area contributed by atoms with Gasteiger partial charge in [0.05, 0.1) is 0 Å². The molecule has 4 bridgehead atoms. The van der Waals surface area contributed by atoms with E-state index >= 15 is 0 Å². The molecule has 0 radical (unpaired) electrons. The first-order valence-corrected chi connectivity index (χ1v) is 13.4. The van der Waals surface area contributed by atoms with E-state index < -0.39 is 0 Å². The first kappa shape index (κ1) is 23.1. The summed E-state index contributed by atoms with van der Waals surface area (Å²) in [5.74, 6) is 8.29. The van der Waals surface area contributed by atoms with E-state index in [1.54, 1.807) is 12.8 Å². The van der Waals surface area contributed by atoms with Crippen molar-refractivity contribution in [1.29, 1.82) is 0 Å². The van der Waals surface area contributed by atoms with Gasteiger partial charge in [-0.2, -0.15) is 0 Å². The molecule has 0 spiro atoms. The van der Waals surface area contributed by atoms with Crippen LogP contribution >= 0.6 is 0 Å². The minimum atomic E-state index is 0.996. The Bertz CT molecular complexity index is 486. The van der Waals surface area contributed by atoms with Crippen molar-refractivity contribution in [3.63, 3.8) is 0 Å². The Morgan fingerprint density at radius 1 is 0.533 bits per heavy atom. The van der Waals surface area contributed by atoms with Gasteiger partial charge >= 0.3 is 0 Å². The highest BCUT2D eigenvalue weighted by atomic mass is 15.1. The Hall–Kier alpha value is -0.120. The predicted octanol–water partition coefficient (Wildman–Crippen LogP) is 4.93.